The average Bonchev–Trinajstić information content (AvgIpc) is 2.27. The van der Waals surface area contributed by atoms with Gasteiger partial charge in [-0.05, 0) is 12.1 Å². The van der Waals surface area contributed by atoms with Crippen LogP contribution >= 0.6 is 0 Å². The number of methoxy groups -OCH3 is 1. The molecule has 0 saturated heterocycles. The number of hydrogen-bond acceptors (Lipinski definition) is 3. The molecular weight excluding hydrogens is 230 g/mol. The molecule has 0 aliphatic heterocycles. The minimum Gasteiger partial charge on any atom is -0.488 e. The molecule has 0 aliphatic rings. The molecule has 3 nitrogen and oxygen atoms in total. The lowest BCUT2D eigenvalue weighted by molar-refractivity contribution is 0.146. The Balaban J connectivity index is 2.80. The van der Waals surface area contributed by atoms with Gasteiger partial charge in [0.25, 0.3) is 0 Å². The largest absolute Gasteiger partial charge is 0.488 e. The van der Waals surface area contributed by atoms with E-state index in [0.717, 1.165) is 5.75 Å². The second-order valence-corrected chi connectivity index (χ2v) is 9.44. The van der Waals surface area contributed by atoms with E-state index in [4.69, 9.17) is 9.47 Å². The Hall–Kier alpha value is -1.31. The molecule has 1 aromatic rings. The zero-order valence-electron chi connectivity index (χ0n) is 10.9. The van der Waals surface area contributed by atoms with Crippen LogP contribution in [0.25, 0.3) is 0 Å². The second kappa shape index (κ2) is 6.43. The summed E-state index contributed by atoms with van der Waals surface area (Å²) in [5.74, 6) is 3.85. The highest BCUT2D eigenvalue weighted by Gasteiger charge is 2.08. The van der Waals surface area contributed by atoms with Gasteiger partial charge in [0, 0.05) is 13.3 Å². The lowest BCUT2D eigenvalue weighted by Gasteiger charge is -2.07. The third kappa shape index (κ3) is 5.52. The second-order valence-electron chi connectivity index (χ2n) is 4.69. The van der Waals surface area contributed by atoms with Crippen molar-refractivity contribution in [1.82, 2.24) is 4.98 Å². The van der Waals surface area contributed by atoms with E-state index in [1.807, 2.05) is 12.1 Å². The number of aromatic nitrogens is 1. The molecule has 1 rings (SSSR count). The van der Waals surface area contributed by atoms with Crippen LogP contribution in [0, 0.1) is 11.5 Å². The van der Waals surface area contributed by atoms with E-state index in [0.29, 0.717) is 18.9 Å². The van der Waals surface area contributed by atoms with Gasteiger partial charge in [-0.2, -0.15) is 0 Å². The summed E-state index contributed by atoms with van der Waals surface area (Å²) < 4.78 is 10.5. The van der Waals surface area contributed by atoms with Crippen molar-refractivity contribution in [3.05, 3.63) is 24.0 Å². The van der Waals surface area contributed by atoms with Gasteiger partial charge in [-0.25, -0.2) is 4.98 Å². The first-order valence-corrected chi connectivity index (χ1v) is 9.13. The molecule has 4 heteroatoms. The van der Waals surface area contributed by atoms with Crippen LogP contribution in [-0.2, 0) is 4.74 Å². The molecule has 0 fully saturated rings. The maximum Gasteiger partial charge on any atom is 0.154 e. The van der Waals surface area contributed by atoms with Gasteiger partial charge in [0.1, 0.15) is 14.7 Å². The van der Waals surface area contributed by atoms with Gasteiger partial charge in [-0.15, -0.1) is 5.54 Å². The maximum atomic E-state index is 5.57. The first-order valence-electron chi connectivity index (χ1n) is 5.63. The van der Waals surface area contributed by atoms with Crippen LogP contribution in [-0.4, -0.2) is 33.4 Å². The highest BCUT2D eigenvalue weighted by molar-refractivity contribution is 6.83. The minimum atomic E-state index is -1.38. The lowest BCUT2D eigenvalue weighted by Crippen LogP contribution is -2.16. The van der Waals surface area contributed by atoms with E-state index in [2.05, 4.69) is 36.1 Å². The van der Waals surface area contributed by atoms with Crippen molar-refractivity contribution in [2.75, 3.05) is 20.3 Å². The van der Waals surface area contributed by atoms with E-state index in [9.17, 15) is 0 Å². The van der Waals surface area contributed by atoms with E-state index in [1.54, 1.807) is 13.3 Å². The Morgan fingerprint density at radius 1 is 1.29 bits per heavy atom. The maximum absolute atomic E-state index is 5.57. The summed E-state index contributed by atoms with van der Waals surface area (Å²) in [6, 6.07) is 3.73. The fourth-order valence-corrected chi connectivity index (χ4v) is 1.58. The number of hydrogen-bond donors (Lipinski definition) is 0. The first-order chi connectivity index (χ1) is 8.03. The van der Waals surface area contributed by atoms with Crippen molar-refractivity contribution >= 4 is 8.07 Å². The predicted octanol–water partition coefficient (Wildman–Crippen LogP) is 2.34. The molecule has 0 aromatic carbocycles. The summed E-state index contributed by atoms with van der Waals surface area (Å²) in [5, 5.41) is 0. The molecule has 0 radical (unpaired) electrons. The Kier molecular flexibility index (Phi) is 5.20. The third-order valence-electron chi connectivity index (χ3n) is 1.87. The molecule has 0 unspecified atom stereocenters. The quantitative estimate of drug-likeness (QED) is 0.466. The Bertz CT molecular complexity index is 415. The summed E-state index contributed by atoms with van der Waals surface area (Å²) in [7, 11) is 0.269. The van der Waals surface area contributed by atoms with Gasteiger partial charge in [0.2, 0.25) is 0 Å². The fraction of sp³-hybridized carbons (Fsp3) is 0.462. The van der Waals surface area contributed by atoms with Crippen molar-refractivity contribution < 1.29 is 9.47 Å². The van der Waals surface area contributed by atoms with E-state index in [1.165, 1.54) is 0 Å². The molecule has 0 aliphatic carbocycles. The van der Waals surface area contributed by atoms with Crippen molar-refractivity contribution in [1.29, 1.82) is 0 Å². The van der Waals surface area contributed by atoms with Crippen LogP contribution < -0.4 is 4.74 Å². The summed E-state index contributed by atoms with van der Waals surface area (Å²) in [5.41, 5.74) is 4.00. The third-order valence-corrected chi connectivity index (χ3v) is 2.75. The highest BCUT2D eigenvalue weighted by Crippen LogP contribution is 2.14. The van der Waals surface area contributed by atoms with Crippen molar-refractivity contribution in [2.45, 2.75) is 19.6 Å². The van der Waals surface area contributed by atoms with Crippen LogP contribution in [0.2, 0.25) is 19.6 Å². The Morgan fingerprint density at radius 3 is 2.71 bits per heavy atom. The van der Waals surface area contributed by atoms with Gasteiger partial charge in [-0.3, -0.25) is 0 Å². The topological polar surface area (TPSA) is 31.4 Å². The van der Waals surface area contributed by atoms with Crippen LogP contribution in [0.15, 0.2) is 18.3 Å². The van der Waals surface area contributed by atoms with Gasteiger partial charge >= 0.3 is 0 Å². The monoisotopic (exact) mass is 249 g/mol. The van der Waals surface area contributed by atoms with Gasteiger partial charge in [0.05, 0.1) is 6.61 Å². The van der Waals surface area contributed by atoms with E-state index in [-0.39, 0.29) is 0 Å². The zero-order valence-corrected chi connectivity index (χ0v) is 11.9. The van der Waals surface area contributed by atoms with Gasteiger partial charge in [-0.1, -0.05) is 25.6 Å². The normalized spacial score (nSPS) is 10.6. The van der Waals surface area contributed by atoms with Crippen molar-refractivity contribution in [2.24, 2.45) is 0 Å². The minimum absolute atomic E-state index is 0.518. The Labute approximate surface area is 104 Å². The van der Waals surface area contributed by atoms with Crippen molar-refractivity contribution in [3.8, 4) is 17.2 Å². The number of rotatable bonds is 4. The number of nitrogens with zero attached hydrogens (tertiary/aromatic N) is 1. The van der Waals surface area contributed by atoms with Gasteiger partial charge < -0.3 is 9.47 Å². The van der Waals surface area contributed by atoms with Crippen LogP contribution in [0.1, 0.15) is 5.69 Å². The molecule has 1 heterocycles. The zero-order chi connectivity index (χ0) is 12.7. The highest BCUT2D eigenvalue weighted by atomic mass is 28.3. The SMILES string of the molecule is COCCOc1cccnc1C#C[Si](C)(C)C. The molecule has 0 saturated carbocycles. The summed E-state index contributed by atoms with van der Waals surface area (Å²) >= 11 is 0. The lowest BCUT2D eigenvalue weighted by atomic mass is 10.3. The Morgan fingerprint density at radius 2 is 2.06 bits per heavy atom. The standard InChI is InChI=1S/C13H19NO2Si/c1-15-9-10-16-13-6-5-8-14-12(13)7-11-17(2,3)4/h5-6,8H,9-10H2,1-4H3. The summed E-state index contributed by atoms with van der Waals surface area (Å²) in [6.45, 7) is 7.69. The van der Waals surface area contributed by atoms with E-state index < -0.39 is 8.07 Å². The molecule has 1 aromatic heterocycles. The molecule has 0 N–H and O–H groups in total. The smallest absolute Gasteiger partial charge is 0.154 e. The molecular formula is C13H19NO2Si. The summed E-state index contributed by atoms with van der Waals surface area (Å²) in [6.07, 6.45) is 1.73. The first kappa shape index (κ1) is 13.8. The van der Waals surface area contributed by atoms with Crippen LogP contribution in [0.3, 0.4) is 0 Å². The summed E-state index contributed by atoms with van der Waals surface area (Å²) in [4.78, 5) is 4.24. The molecule has 0 spiro atoms. The van der Waals surface area contributed by atoms with Crippen LogP contribution in [0.4, 0.5) is 0 Å². The molecule has 92 valence electrons. The predicted molar refractivity (Wildman–Crippen MR) is 71.8 cm³/mol. The fourth-order valence-electron chi connectivity index (χ4n) is 1.08. The van der Waals surface area contributed by atoms with Crippen LogP contribution in [0.5, 0.6) is 5.75 Å². The number of pyridine rings is 1. The molecule has 0 amide bonds. The van der Waals surface area contributed by atoms with Gasteiger partial charge in [0.15, 0.2) is 11.4 Å². The molecule has 0 atom stereocenters. The van der Waals surface area contributed by atoms with Crippen molar-refractivity contribution in [3.63, 3.8) is 0 Å². The molecule has 0 bridgehead atoms. The number of ether oxygens (including phenoxy) is 2. The average molecular weight is 249 g/mol. The van der Waals surface area contributed by atoms with E-state index >= 15 is 0 Å². The molecule has 17 heavy (non-hydrogen) atoms.